The Morgan fingerprint density at radius 1 is 0.529 bits per heavy atom. The van der Waals surface area contributed by atoms with E-state index in [4.69, 9.17) is 4.74 Å². The first kappa shape index (κ1) is 51.3. The number of carbonyl (C=O) groups excluding carboxylic acids is 1. The van der Waals surface area contributed by atoms with E-state index in [0.29, 0.717) is 18.3 Å². The van der Waals surface area contributed by atoms with Gasteiger partial charge in [-0.2, -0.15) is 0 Å². The first-order valence-corrected chi connectivity index (χ1v) is 26.6. The van der Waals surface area contributed by atoms with Crippen molar-refractivity contribution in [1.29, 1.82) is 0 Å². The maximum Gasteiger partial charge on any atom is 0.307 e. The third-order valence-electron chi connectivity index (χ3n) is 9.21. The van der Waals surface area contributed by atoms with Crippen LogP contribution < -0.4 is 0 Å². The molecule has 0 bridgehead atoms. The lowest BCUT2D eigenvalue weighted by molar-refractivity contribution is -0.143. The molecular weight excluding hydrogens is 703 g/mol. The third kappa shape index (κ3) is 44.6. The van der Waals surface area contributed by atoms with E-state index in [-0.39, 0.29) is 5.97 Å². The number of esters is 1. The molecule has 0 rings (SSSR count). The Labute approximate surface area is 335 Å². The molecule has 0 heterocycles. The standard InChI is InChI=1S/C44H85NO2S4/c1-5-7-9-11-13-15-17-19-21-23-25-27-29-31-33-35-39-48-50-42-43(41-47-44(46)37-38-45(3)4)51-49-40-36-34-32-30-28-26-24-22-20-18-16-14-12-10-8-6-2/h19-22,43H,5-18,23-42H2,1-4H3/b21-19-,22-20-. The van der Waals surface area contributed by atoms with Crippen LogP contribution in [0.1, 0.15) is 200 Å². The van der Waals surface area contributed by atoms with Crippen molar-refractivity contribution in [3.63, 3.8) is 0 Å². The fraction of sp³-hybridized carbons (Fsp3) is 0.886. The fourth-order valence-corrected chi connectivity index (χ4v) is 11.4. The Bertz CT molecular complexity index is 749. The smallest absolute Gasteiger partial charge is 0.307 e. The zero-order chi connectivity index (χ0) is 37.1. The zero-order valence-electron chi connectivity index (χ0n) is 34.3. The van der Waals surface area contributed by atoms with Crippen molar-refractivity contribution in [1.82, 2.24) is 4.90 Å². The van der Waals surface area contributed by atoms with Gasteiger partial charge < -0.3 is 9.64 Å². The molecule has 0 amide bonds. The molecule has 51 heavy (non-hydrogen) atoms. The van der Waals surface area contributed by atoms with Crippen molar-refractivity contribution in [2.24, 2.45) is 0 Å². The number of unbranched alkanes of at least 4 members (excludes halogenated alkanes) is 24. The summed E-state index contributed by atoms with van der Waals surface area (Å²) in [5.41, 5.74) is 0. The van der Waals surface area contributed by atoms with Crippen molar-refractivity contribution in [3.8, 4) is 0 Å². The van der Waals surface area contributed by atoms with E-state index in [9.17, 15) is 4.79 Å². The van der Waals surface area contributed by atoms with Crippen molar-refractivity contribution in [3.05, 3.63) is 24.3 Å². The van der Waals surface area contributed by atoms with Crippen LogP contribution in [0.4, 0.5) is 0 Å². The van der Waals surface area contributed by atoms with Gasteiger partial charge in [0.15, 0.2) is 0 Å². The highest BCUT2D eigenvalue weighted by Gasteiger charge is 2.14. The second-order valence-corrected chi connectivity index (χ2v) is 20.2. The van der Waals surface area contributed by atoms with Gasteiger partial charge in [-0.3, -0.25) is 4.79 Å². The highest BCUT2D eigenvalue weighted by atomic mass is 33.1. The summed E-state index contributed by atoms with van der Waals surface area (Å²) in [5.74, 6) is 3.41. The van der Waals surface area contributed by atoms with E-state index in [1.807, 2.05) is 62.2 Å². The minimum atomic E-state index is -0.0607. The number of hydrogen-bond acceptors (Lipinski definition) is 7. The van der Waals surface area contributed by atoms with Crippen LogP contribution in [0.25, 0.3) is 0 Å². The minimum absolute atomic E-state index is 0.0607. The summed E-state index contributed by atoms with van der Waals surface area (Å²) in [6, 6.07) is 0. The van der Waals surface area contributed by atoms with Crippen LogP contribution in [0.3, 0.4) is 0 Å². The number of rotatable bonds is 42. The first-order chi connectivity index (χ1) is 25.1. The molecule has 0 aliphatic rings. The van der Waals surface area contributed by atoms with Gasteiger partial charge in [-0.1, -0.05) is 197 Å². The second kappa shape index (κ2) is 44.7. The van der Waals surface area contributed by atoms with E-state index in [1.54, 1.807) is 0 Å². The molecule has 302 valence electrons. The van der Waals surface area contributed by atoms with Gasteiger partial charge in [-0.15, -0.1) is 0 Å². The molecule has 0 aliphatic heterocycles. The molecule has 0 aromatic carbocycles. The van der Waals surface area contributed by atoms with Crippen LogP contribution in [0.15, 0.2) is 24.3 Å². The van der Waals surface area contributed by atoms with Gasteiger partial charge in [0.1, 0.15) is 6.61 Å². The van der Waals surface area contributed by atoms with Gasteiger partial charge in [0.05, 0.1) is 11.7 Å². The van der Waals surface area contributed by atoms with E-state index < -0.39 is 0 Å². The van der Waals surface area contributed by atoms with Crippen LogP contribution in [-0.4, -0.2) is 60.6 Å². The number of nitrogens with zero attached hydrogens (tertiary/aromatic N) is 1. The Morgan fingerprint density at radius 2 is 0.922 bits per heavy atom. The quantitative estimate of drug-likeness (QED) is 0.0263. The SMILES string of the molecule is CCCCCCCC/C=C\CCCCCCCCSSCC(COC(=O)CCN(C)C)SSCCCCCCCC/C=C\CCCCCCCC. The predicted molar refractivity (Wildman–Crippen MR) is 242 cm³/mol. The number of hydrogen-bond donors (Lipinski definition) is 0. The average Bonchev–Trinajstić information content (AvgIpc) is 3.12. The molecule has 0 saturated carbocycles. The summed E-state index contributed by atoms with van der Waals surface area (Å²) < 4.78 is 5.70. The normalized spacial score (nSPS) is 12.6. The Morgan fingerprint density at radius 3 is 1.35 bits per heavy atom. The lowest BCUT2D eigenvalue weighted by Crippen LogP contribution is -2.21. The third-order valence-corrected chi connectivity index (χ3v) is 14.9. The maximum atomic E-state index is 12.3. The summed E-state index contributed by atoms with van der Waals surface area (Å²) in [5, 5.41) is 0.366. The van der Waals surface area contributed by atoms with Crippen LogP contribution >= 0.6 is 43.2 Å². The zero-order valence-corrected chi connectivity index (χ0v) is 37.6. The lowest BCUT2D eigenvalue weighted by atomic mass is 10.1. The van der Waals surface area contributed by atoms with Gasteiger partial charge in [0, 0.05) is 23.8 Å². The van der Waals surface area contributed by atoms with Crippen LogP contribution in [0.5, 0.6) is 0 Å². The Kier molecular flexibility index (Phi) is 45.0. The molecule has 0 radical (unpaired) electrons. The molecule has 3 nitrogen and oxygen atoms in total. The first-order valence-electron chi connectivity index (χ1n) is 21.7. The molecule has 7 heteroatoms. The fourth-order valence-electron chi connectivity index (χ4n) is 5.82. The van der Waals surface area contributed by atoms with Crippen molar-refractivity contribution < 1.29 is 9.53 Å². The topological polar surface area (TPSA) is 29.5 Å². The van der Waals surface area contributed by atoms with Gasteiger partial charge in [0.2, 0.25) is 0 Å². The second-order valence-electron chi connectivity index (χ2n) is 14.8. The van der Waals surface area contributed by atoms with Crippen molar-refractivity contribution in [2.75, 3.05) is 44.5 Å². The monoisotopic (exact) mass is 788 g/mol. The van der Waals surface area contributed by atoms with E-state index >= 15 is 0 Å². The highest BCUT2D eigenvalue weighted by molar-refractivity contribution is 8.78. The van der Waals surface area contributed by atoms with E-state index in [2.05, 4.69) is 38.2 Å². The van der Waals surface area contributed by atoms with Crippen LogP contribution in [-0.2, 0) is 9.53 Å². The predicted octanol–water partition coefficient (Wildman–Crippen LogP) is 15.7. The molecule has 1 atom stereocenters. The Hall–Kier alpha value is 0.310. The summed E-state index contributed by atoms with van der Waals surface area (Å²) in [4.78, 5) is 14.3. The molecule has 0 spiro atoms. The van der Waals surface area contributed by atoms with Crippen LogP contribution in [0.2, 0.25) is 0 Å². The molecule has 0 aromatic rings. The number of carbonyl (C=O) groups is 1. The largest absolute Gasteiger partial charge is 0.464 e. The number of allylic oxidation sites excluding steroid dienone is 4. The lowest BCUT2D eigenvalue weighted by Gasteiger charge is -2.16. The van der Waals surface area contributed by atoms with Gasteiger partial charge >= 0.3 is 5.97 Å². The molecule has 1 unspecified atom stereocenters. The van der Waals surface area contributed by atoms with Gasteiger partial charge in [-0.05, 0) is 78.3 Å². The van der Waals surface area contributed by atoms with Crippen molar-refractivity contribution in [2.45, 2.75) is 205 Å². The summed E-state index contributed by atoms with van der Waals surface area (Å²) >= 11 is 0. The van der Waals surface area contributed by atoms with Gasteiger partial charge in [0.25, 0.3) is 0 Å². The average molecular weight is 788 g/mol. The molecule has 0 aliphatic carbocycles. The molecular formula is C44H85NO2S4. The van der Waals surface area contributed by atoms with E-state index in [0.717, 1.165) is 12.3 Å². The summed E-state index contributed by atoms with van der Waals surface area (Å²) in [6.45, 7) is 5.87. The maximum absolute atomic E-state index is 12.3. The molecule has 0 aromatic heterocycles. The number of ether oxygens (including phenoxy) is 1. The highest BCUT2D eigenvalue weighted by Crippen LogP contribution is 2.34. The molecule has 0 fully saturated rings. The molecule has 0 saturated heterocycles. The minimum Gasteiger partial charge on any atom is -0.464 e. The van der Waals surface area contributed by atoms with Gasteiger partial charge in [-0.25, -0.2) is 0 Å². The summed E-state index contributed by atoms with van der Waals surface area (Å²) in [6.07, 6.45) is 48.2. The van der Waals surface area contributed by atoms with Crippen molar-refractivity contribution >= 4 is 49.1 Å². The Balaban J connectivity index is 3.87. The van der Waals surface area contributed by atoms with Crippen LogP contribution in [0, 0.1) is 0 Å². The summed E-state index contributed by atoms with van der Waals surface area (Å²) in [7, 11) is 11.9. The molecule has 0 N–H and O–H groups in total. The van der Waals surface area contributed by atoms with E-state index in [1.165, 1.54) is 191 Å².